The van der Waals surface area contributed by atoms with Crippen molar-refractivity contribution in [1.82, 2.24) is 9.97 Å². The quantitative estimate of drug-likeness (QED) is 0.902. The fraction of sp³-hybridized carbons (Fsp3) is 0.231. The van der Waals surface area contributed by atoms with Crippen molar-refractivity contribution >= 4 is 5.95 Å². The van der Waals surface area contributed by atoms with E-state index in [2.05, 4.69) is 15.3 Å². The van der Waals surface area contributed by atoms with E-state index >= 15 is 0 Å². The van der Waals surface area contributed by atoms with Gasteiger partial charge in [-0.2, -0.15) is 0 Å². The molecule has 0 aliphatic heterocycles. The molecule has 0 amide bonds. The molecule has 0 spiro atoms. The van der Waals surface area contributed by atoms with Crippen LogP contribution < -0.4 is 10.1 Å². The fourth-order valence-electron chi connectivity index (χ4n) is 1.75. The second kappa shape index (κ2) is 5.44. The predicted molar refractivity (Wildman–Crippen MR) is 67.0 cm³/mol. The minimum absolute atomic E-state index is 0.288. The van der Waals surface area contributed by atoms with Crippen LogP contribution in [0.5, 0.6) is 5.75 Å². The van der Waals surface area contributed by atoms with Crippen molar-refractivity contribution < 1.29 is 9.13 Å². The Morgan fingerprint density at radius 3 is 2.61 bits per heavy atom. The van der Waals surface area contributed by atoms with Gasteiger partial charge < -0.3 is 10.1 Å². The fourth-order valence-corrected chi connectivity index (χ4v) is 1.75. The molecule has 0 radical (unpaired) electrons. The van der Waals surface area contributed by atoms with Crippen LogP contribution in [0.25, 0.3) is 0 Å². The molecule has 0 saturated carbocycles. The highest BCUT2D eigenvalue weighted by Gasteiger charge is 2.16. The highest BCUT2D eigenvalue weighted by atomic mass is 19.1. The Morgan fingerprint density at radius 2 is 1.94 bits per heavy atom. The molecule has 2 rings (SSSR count). The van der Waals surface area contributed by atoms with Gasteiger partial charge in [0.25, 0.3) is 0 Å². The topological polar surface area (TPSA) is 47.0 Å². The number of anilines is 1. The second-order valence-corrected chi connectivity index (χ2v) is 3.79. The lowest BCUT2D eigenvalue weighted by molar-refractivity contribution is 0.402. The van der Waals surface area contributed by atoms with Crippen LogP contribution >= 0.6 is 0 Å². The summed E-state index contributed by atoms with van der Waals surface area (Å²) < 4.78 is 19.0. The molecule has 2 aromatic rings. The highest BCUT2D eigenvalue weighted by molar-refractivity contribution is 5.41. The molecule has 0 aliphatic carbocycles. The lowest BCUT2D eigenvalue weighted by Gasteiger charge is -2.17. The first-order valence-corrected chi connectivity index (χ1v) is 5.58. The number of hydrogen-bond acceptors (Lipinski definition) is 4. The van der Waals surface area contributed by atoms with Crippen molar-refractivity contribution in [2.45, 2.75) is 13.0 Å². The average molecular weight is 247 g/mol. The molecule has 1 N–H and O–H groups in total. The molecule has 1 aromatic heterocycles. The molecule has 1 heterocycles. The van der Waals surface area contributed by atoms with Crippen molar-refractivity contribution in [3.05, 3.63) is 48.0 Å². The van der Waals surface area contributed by atoms with Gasteiger partial charge in [0.15, 0.2) is 0 Å². The molecule has 1 atom stereocenters. The third-order valence-corrected chi connectivity index (χ3v) is 2.58. The molecule has 0 aliphatic rings. The van der Waals surface area contributed by atoms with Crippen LogP contribution in [0.3, 0.4) is 0 Å². The van der Waals surface area contributed by atoms with Crippen molar-refractivity contribution in [1.29, 1.82) is 0 Å². The molecule has 1 aromatic carbocycles. The van der Waals surface area contributed by atoms with E-state index in [0.717, 1.165) is 0 Å². The Hall–Kier alpha value is -2.17. The van der Waals surface area contributed by atoms with Crippen molar-refractivity contribution in [2.24, 2.45) is 0 Å². The molecule has 5 heteroatoms. The van der Waals surface area contributed by atoms with Crippen LogP contribution in [0.15, 0.2) is 36.7 Å². The number of aromatic nitrogens is 2. The summed E-state index contributed by atoms with van der Waals surface area (Å²) in [7, 11) is 1.52. The Morgan fingerprint density at radius 1 is 1.22 bits per heavy atom. The summed E-state index contributed by atoms with van der Waals surface area (Å²) in [6.07, 6.45) is 3.25. The minimum Gasteiger partial charge on any atom is -0.496 e. The zero-order valence-electron chi connectivity index (χ0n) is 10.2. The zero-order valence-corrected chi connectivity index (χ0v) is 10.2. The third-order valence-electron chi connectivity index (χ3n) is 2.58. The number of nitrogens with one attached hydrogen (secondary N) is 1. The van der Waals surface area contributed by atoms with Crippen LogP contribution in [-0.4, -0.2) is 17.1 Å². The number of methoxy groups -OCH3 is 1. The summed E-state index contributed by atoms with van der Waals surface area (Å²) in [6.45, 7) is 1.83. The molecule has 18 heavy (non-hydrogen) atoms. The van der Waals surface area contributed by atoms with E-state index in [0.29, 0.717) is 17.3 Å². The molecule has 0 fully saturated rings. The molecule has 94 valence electrons. The predicted octanol–water partition coefficient (Wildman–Crippen LogP) is 2.80. The van der Waals surface area contributed by atoms with Crippen LogP contribution in [0.1, 0.15) is 18.5 Å². The van der Waals surface area contributed by atoms with Crippen LogP contribution in [0.4, 0.5) is 10.3 Å². The molecule has 0 saturated heterocycles. The van der Waals surface area contributed by atoms with E-state index in [9.17, 15) is 4.39 Å². The number of benzene rings is 1. The number of nitrogens with zero attached hydrogens (tertiary/aromatic N) is 2. The van der Waals surface area contributed by atoms with Crippen molar-refractivity contribution in [3.8, 4) is 5.75 Å². The van der Waals surface area contributed by atoms with Gasteiger partial charge in [0.1, 0.15) is 11.6 Å². The smallest absolute Gasteiger partial charge is 0.223 e. The standard InChI is InChI=1S/C13H14FN3O/c1-9(17-13-15-7-4-8-16-13)12-10(14)5-3-6-11(12)18-2/h3-9H,1-2H3,(H,15,16,17)/t9-/m0/s1. The Bertz CT molecular complexity index is 519. The highest BCUT2D eigenvalue weighted by Crippen LogP contribution is 2.29. The van der Waals surface area contributed by atoms with E-state index in [1.54, 1.807) is 30.6 Å². The Labute approximate surface area is 105 Å². The first-order valence-electron chi connectivity index (χ1n) is 5.58. The molecule has 0 bridgehead atoms. The Balaban J connectivity index is 2.26. The minimum atomic E-state index is -0.315. The summed E-state index contributed by atoms with van der Waals surface area (Å²) in [5, 5.41) is 3.03. The summed E-state index contributed by atoms with van der Waals surface area (Å²) in [5.74, 6) is 0.645. The maximum atomic E-state index is 13.8. The van der Waals surface area contributed by atoms with Gasteiger partial charge in [-0.25, -0.2) is 14.4 Å². The van der Waals surface area contributed by atoms with Crippen molar-refractivity contribution in [2.75, 3.05) is 12.4 Å². The van der Waals surface area contributed by atoms with E-state index in [4.69, 9.17) is 4.74 Å². The summed E-state index contributed by atoms with van der Waals surface area (Å²) >= 11 is 0. The second-order valence-electron chi connectivity index (χ2n) is 3.79. The van der Waals surface area contributed by atoms with Crippen LogP contribution in [0.2, 0.25) is 0 Å². The molecular weight excluding hydrogens is 233 g/mol. The number of ether oxygens (including phenoxy) is 1. The summed E-state index contributed by atoms with van der Waals surface area (Å²) in [4.78, 5) is 8.09. The number of rotatable bonds is 4. The van der Waals surface area contributed by atoms with E-state index < -0.39 is 0 Å². The lowest BCUT2D eigenvalue weighted by Crippen LogP contribution is -2.12. The SMILES string of the molecule is COc1cccc(F)c1[C@H](C)Nc1ncccn1. The monoisotopic (exact) mass is 247 g/mol. The maximum absolute atomic E-state index is 13.8. The summed E-state index contributed by atoms with van der Waals surface area (Å²) in [5.41, 5.74) is 0.465. The average Bonchev–Trinajstić information content (AvgIpc) is 2.39. The van der Waals surface area contributed by atoms with Crippen molar-refractivity contribution in [3.63, 3.8) is 0 Å². The van der Waals surface area contributed by atoms with E-state index in [-0.39, 0.29) is 11.9 Å². The third kappa shape index (κ3) is 2.56. The largest absolute Gasteiger partial charge is 0.496 e. The van der Waals surface area contributed by atoms with Gasteiger partial charge in [-0.05, 0) is 25.1 Å². The zero-order chi connectivity index (χ0) is 13.0. The molecule has 4 nitrogen and oxygen atoms in total. The van der Waals surface area contributed by atoms with Gasteiger partial charge in [-0.1, -0.05) is 6.07 Å². The summed E-state index contributed by atoms with van der Waals surface area (Å²) in [6, 6.07) is 6.18. The van der Waals surface area contributed by atoms with Gasteiger partial charge in [-0.3, -0.25) is 0 Å². The normalized spacial score (nSPS) is 11.9. The molecular formula is C13H14FN3O. The number of halogens is 1. The first kappa shape index (κ1) is 12.3. The molecule has 0 unspecified atom stereocenters. The van der Waals surface area contributed by atoms with Gasteiger partial charge in [0.05, 0.1) is 18.7 Å². The maximum Gasteiger partial charge on any atom is 0.223 e. The van der Waals surface area contributed by atoms with E-state index in [1.165, 1.54) is 13.2 Å². The first-order chi connectivity index (χ1) is 8.72. The lowest BCUT2D eigenvalue weighted by atomic mass is 10.1. The number of hydrogen-bond donors (Lipinski definition) is 1. The van der Waals surface area contributed by atoms with Gasteiger partial charge in [0.2, 0.25) is 5.95 Å². The Kier molecular flexibility index (Phi) is 3.72. The van der Waals surface area contributed by atoms with E-state index in [1.807, 2.05) is 6.92 Å². The van der Waals surface area contributed by atoms with Crippen LogP contribution in [-0.2, 0) is 0 Å². The van der Waals surface area contributed by atoms with Gasteiger partial charge in [-0.15, -0.1) is 0 Å². The van der Waals surface area contributed by atoms with Gasteiger partial charge >= 0.3 is 0 Å². The van der Waals surface area contributed by atoms with Crippen LogP contribution in [0, 0.1) is 5.82 Å². The van der Waals surface area contributed by atoms with Gasteiger partial charge in [0, 0.05) is 12.4 Å².